The molecular formula is C14H14FN3O. The fraction of sp³-hybridized carbons (Fsp3) is 0.143. The molecule has 1 aromatic carbocycles. The zero-order valence-corrected chi connectivity index (χ0v) is 10.7. The average molecular weight is 259 g/mol. The maximum absolute atomic E-state index is 12.8. The Morgan fingerprint density at radius 1 is 1.21 bits per heavy atom. The van der Waals surface area contributed by atoms with Crippen molar-refractivity contribution in [2.24, 2.45) is 0 Å². The van der Waals surface area contributed by atoms with E-state index in [0.717, 1.165) is 0 Å². The molecule has 0 spiro atoms. The standard InChI is InChI=1S/C14H14FN3O/c1-18(2)13-12(4-3-9-16-13)17-14(19)10-5-7-11(15)8-6-10/h3-9H,1-2H3,(H,17,19). The van der Waals surface area contributed by atoms with E-state index in [2.05, 4.69) is 10.3 Å². The highest BCUT2D eigenvalue weighted by Crippen LogP contribution is 2.21. The Balaban J connectivity index is 2.22. The third-order valence-corrected chi connectivity index (χ3v) is 2.56. The van der Waals surface area contributed by atoms with Crippen molar-refractivity contribution >= 4 is 17.4 Å². The summed E-state index contributed by atoms with van der Waals surface area (Å²) < 4.78 is 12.8. The van der Waals surface area contributed by atoms with Crippen molar-refractivity contribution in [3.05, 3.63) is 54.0 Å². The smallest absolute Gasteiger partial charge is 0.255 e. The van der Waals surface area contributed by atoms with Crippen molar-refractivity contribution in [2.75, 3.05) is 24.3 Å². The summed E-state index contributed by atoms with van der Waals surface area (Å²) in [6.07, 6.45) is 1.66. The number of benzene rings is 1. The van der Waals surface area contributed by atoms with Crippen LogP contribution in [0.4, 0.5) is 15.9 Å². The van der Waals surface area contributed by atoms with Gasteiger partial charge in [0.25, 0.3) is 5.91 Å². The van der Waals surface area contributed by atoms with Crippen LogP contribution in [0, 0.1) is 5.82 Å². The lowest BCUT2D eigenvalue weighted by Gasteiger charge is -2.16. The lowest BCUT2D eigenvalue weighted by molar-refractivity contribution is 0.102. The molecular weight excluding hydrogens is 245 g/mol. The van der Waals surface area contributed by atoms with E-state index in [-0.39, 0.29) is 11.7 Å². The third kappa shape index (κ3) is 3.07. The third-order valence-electron chi connectivity index (χ3n) is 2.56. The van der Waals surface area contributed by atoms with Gasteiger partial charge in [-0.25, -0.2) is 9.37 Å². The number of aromatic nitrogens is 1. The van der Waals surface area contributed by atoms with Gasteiger partial charge in [0.1, 0.15) is 5.82 Å². The quantitative estimate of drug-likeness (QED) is 0.921. The second kappa shape index (κ2) is 5.48. The van der Waals surface area contributed by atoms with Crippen LogP contribution in [0.3, 0.4) is 0 Å². The molecule has 0 atom stereocenters. The molecule has 0 saturated carbocycles. The summed E-state index contributed by atoms with van der Waals surface area (Å²) in [6.45, 7) is 0. The Hall–Kier alpha value is -2.43. The number of hydrogen-bond donors (Lipinski definition) is 1. The van der Waals surface area contributed by atoms with Gasteiger partial charge in [-0.15, -0.1) is 0 Å². The van der Waals surface area contributed by atoms with Crippen LogP contribution >= 0.6 is 0 Å². The molecule has 0 unspecified atom stereocenters. The highest BCUT2D eigenvalue weighted by molar-refractivity contribution is 6.05. The number of nitrogens with one attached hydrogen (secondary N) is 1. The summed E-state index contributed by atoms with van der Waals surface area (Å²) in [5.74, 6) is 0.000898. The van der Waals surface area contributed by atoms with Gasteiger partial charge in [-0.2, -0.15) is 0 Å². The van der Waals surface area contributed by atoms with Gasteiger partial charge in [-0.1, -0.05) is 0 Å². The van der Waals surface area contributed by atoms with Crippen molar-refractivity contribution in [1.82, 2.24) is 4.98 Å². The van der Waals surface area contributed by atoms with E-state index in [0.29, 0.717) is 17.1 Å². The molecule has 0 fully saturated rings. The topological polar surface area (TPSA) is 45.2 Å². The number of nitrogens with zero attached hydrogens (tertiary/aromatic N) is 2. The zero-order chi connectivity index (χ0) is 13.8. The van der Waals surface area contributed by atoms with Crippen molar-refractivity contribution < 1.29 is 9.18 Å². The van der Waals surface area contributed by atoms with Gasteiger partial charge in [0.15, 0.2) is 5.82 Å². The normalized spacial score (nSPS) is 10.1. The molecule has 1 N–H and O–H groups in total. The van der Waals surface area contributed by atoms with Gasteiger partial charge in [0.05, 0.1) is 5.69 Å². The molecule has 2 aromatic rings. The van der Waals surface area contributed by atoms with Crippen LogP contribution in [0.1, 0.15) is 10.4 Å². The van der Waals surface area contributed by atoms with Gasteiger partial charge >= 0.3 is 0 Å². The first kappa shape index (κ1) is 13.0. The van der Waals surface area contributed by atoms with Gasteiger partial charge in [-0.3, -0.25) is 4.79 Å². The molecule has 1 aromatic heterocycles. The van der Waals surface area contributed by atoms with Crippen molar-refractivity contribution in [3.8, 4) is 0 Å². The van der Waals surface area contributed by atoms with E-state index >= 15 is 0 Å². The highest BCUT2D eigenvalue weighted by atomic mass is 19.1. The maximum atomic E-state index is 12.8. The molecule has 0 saturated heterocycles. The fourth-order valence-electron chi connectivity index (χ4n) is 1.65. The Morgan fingerprint density at radius 3 is 2.53 bits per heavy atom. The summed E-state index contributed by atoms with van der Waals surface area (Å²) in [5.41, 5.74) is 1.01. The average Bonchev–Trinajstić information content (AvgIpc) is 2.39. The summed E-state index contributed by atoms with van der Waals surface area (Å²) in [6, 6.07) is 8.90. The predicted molar refractivity (Wildman–Crippen MR) is 72.9 cm³/mol. The van der Waals surface area contributed by atoms with Gasteiger partial charge < -0.3 is 10.2 Å². The molecule has 0 radical (unpaired) electrons. The van der Waals surface area contributed by atoms with Gasteiger partial charge in [-0.05, 0) is 36.4 Å². The van der Waals surface area contributed by atoms with Crippen molar-refractivity contribution in [2.45, 2.75) is 0 Å². The van der Waals surface area contributed by atoms with Gasteiger partial charge in [0.2, 0.25) is 0 Å². The Morgan fingerprint density at radius 2 is 1.89 bits per heavy atom. The minimum Gasteiger partial charge on any atom is -0.361 e. The molecule has 0 aliphatic rings. The molecule has 2 rings (SSSR count). The number of carbonyl (C=O) groups is 1. The van der Waals surface area contributed by atoms with Crippen molar-refractivity contribution in [3.63, 3.8) is 0 Å². The fourth-order valence-corrected chi connectivity index (χ4v) is 1.65. The molecule has 19 heavy (non-hydrogen) atoms. The number of rotatable bonds is 3. The largest absolute Gasteiger partial charge is 0.361 e. The van der Waals surface area contributed by atoms with Gasteiger partial charge in [0, 0.05) is 25.9 Å². The van der Waals surface area contributed by atoms with Crippen molar-refractivity contribution in [1.29, 1.82) is 0 Å². The van der Waals surface area contributed by atoms with E-state index in [1.165, 1.54) is 24.3 Å². The van der Waals surface area contributed by atoms with E-state index < -0.39 is 0 Å². The zero-order valence-electron chi connectivity index (χ0n) is 10.7. The Labute approximate surface area is 110 Å². The minimum atomic E-state index is -0.369. The van der Waals surface area contributed by atoms with E-state index in [1.807, 2.05) is 14.1 Å². The van der Waals surface area contributed by atoms with Crippen LogP contribution in [0.5, 0.6) is 0 Å². The number of pyridine rings is 1. The first-order valence-corrected chi connectivity index (χ1v) is 5.77. The number of hydrogen-bond acceptors (Lipinski definition) is 3. The highest BCUT2D eigenvalue weighted by Gasteiger charge is 2.10. The lowest BCUT2D eigenvalue weighted by Crippen LogP contribution is -2.17. The lowest BCUT2D eigenvalue weighted by atomic mass is 10.2. The number of carbonyl (C=O) groups excluding carboxylic acids is 1. The Bertz CT molecular complexity index is 581. The maximum Gasteiger partial charge on any atom is 0.255 e. The summed E-state index contributed by atoms with van der Waals surface area (Å²) in [7, 11) is 3.69. The predicted octanol–water partition coefficient (Wildman–Crippen LogP) is 2.54. The van der Waals surface area contributed by atoms with Crippen LogP contribution < -0.4 is 10.2 Å². The molecule has 4 nitrogen and oxygen atoms in total. The molecule has 0 bridgehead atoms. The Kier molecular flexibility index (Phi) is 3.75. The second-order valence-corrected chi connectivity index (χ2v) is 4.23. The van der Waals surface area contributed by atoms with E-state index in [4.69, 9.17) is 0 Å². The van der Waals surface area contributed by atoms with E-state index in [1.54, 1.807) is 23.2 Å². The number of anilines is 2. The number of halogens is 1. The van der Waals surface area contributed by atoms with Crippen LogP contribution in [0.25, 0.3) is 0 Å². The SMILES string of the molecule is CN(C)c1ncccc1NC(=O)c1ccc(F)cc1. The second-order valence-electron chi connectivity index (χ2n) is 4.23. The van der Waals surface area contributed by atoms with Crippen LogP contribution in [0.15, 0.2) is 42.6 Å². The molecule has 1 heterocycles. The first-order chi connectivity index (χ1) is 9.08. The molecule has 0 aliphatic carbocycles. The monoisotopic (exact) mass is 259 g/mol. The summed E-state index contributed by atoms with van der Waals surface area (Å²) in [5, 5.41) is 2.76. The summed E-state index contributed by atoms with van der Waals surface area (Å²) >= 11 is 0. The van der Waals surface area contributed by atoms with Crippen LogP contribution in [-0.4, -0.2) is 25.0 Å². The molecule has 0 aliphatic heterocycles. The minimum absolute atomic E-state index is 0.295. The van der Waals surface area contributed by atoms with Crippen LogP contribution in [0.2, 0.25) is 0 Å². The molecule has 5 heteroatoms. The van der Waals surface area contributed by atoms with Crippen LogP contribution in [-0.2, 0) is 0 Å². The molecule has 1 amide bonds. The molecule has 98 valence electrons. The summed E-state index contributed by atoms with van der Waals surface area (Å²) in [4.78, 5) is 18.0. The first-order valence-electron chi connectivity index (χ1n) is 5.77. The number of amides is 1. The van der Waals surface area contributed by atoms with E-state index in [9.17, 15) is 9.18 Å².